The Morgan fingerprint density at radius 2 is 1.95 bits per heavy atom. The standard InChI is InChI=1S/C16H26ClNO2/c1-12(16(2,3)4)18-9-14(19)11-20-10-13-7-5-6-8-15(13)17/h5-8,12,14,18-19H,9-11H2,1-4H3. The largest absolute Gasteiger partial charge is 0.389 e. The third-order valence-electron chi connectivity index (χ3n) is 3.48. The van der Waals surface area contributed by atoms with Crippen molar-refractivity contribution < 1.29 is 9.84 Å². The Kier molecular flexibility index (Phi) is 6.96. The molecule has 1 rings (SSSR count). The summed E-state index contributed by atoms with van der Waals surface area (Å²) in [5.41, 5.74) is 1.12. The highest BCUT2D eigenvalue weighted by molar-refractivity contribution is 6.31. The molecule has 20 heavy (non-hydrogen) atoms. The van der Waals surface area contributed by atoms with Gasteiger partial charge in [0.15, 0.2) is 0 Å². The number of halogens is 1. The highest BCUT2D eigenvalue weighted by Gasteiger charge is 2.20. The number of aliphatic hydroxyl groups excluding tert-OH is 1. The second-order valence-electron chi connectivity index (χ2n) is 6.26. The average molecular weight is 300 g/mol. The lowest BCUT2D eigenvalue weighted by Gasteiger charge is -2.29. The minimum atomic E-state index is -0.512. The zero-order valence-corrected chi connectivity index (χ0v) is 13.6. The SMILES string of the molecule is CC(NCC(O)COCc1ccccc1Cl)C(C)(C)C. The van der Waals surface area contributed by atoms with Crippen LogP contribution in [0.15, 0.2) is 24.3 Å². The van der Waals surface area contributed by atoms with Crippen LogP contribution < -0.4 is 5.32 Å². The molecule has 0 bridgehead atoms. The molecule has 0 aliphatic carbocycles. The van der Waals surface area contributed by atoms with E-state index in [9.17, 15) is 5.11 Å². The number of ether oxygens (including phenoxy) is 1. The summed E-state index contributed by atoms with van der Waals surface area (Å²) < 4.78 is 5.51. The number of nitrogens with one attached hydrogen (secondary N) is 1. The van der Waals surface area contributed by atoms with Crippen molar-refractivity contribution in [1.29, 1.82) is 0 Å². The molecular weight excluding hydrogens is 274 g/mol. The molecule has 0 amide bonds. The summed E-state index contributed by atoms with van der Waals surface area (Å²) in [6.45, 7) is 9.89. The second-order valence-corrected chi connectivity index (χ2v) is 6.66. The van der Waals surface area contributed by atoms with Gasteiger partial charge in [0, 0.05) is 17.6 Å². The lowest BCUT2D eigenvalue weighted by molar-refractivity contribution is 0.0260. The first-order chi connectivity index (χ1) is 9.30. The molecule has 2 N–H and O–H groups in total. The number of benzene rings is 1. The zero-order chi connectivity index (χ0) is 15.2. The van der Waals surface area contributed by atoms with Gasteiger partial charge in [-0.25, -0.2) is 0 Å². The minimum absolute atomic E-state index is 0.179. The van der Waals surface area contributed by atoms with Crippen LogP contribution >= 0.6 is 11.6 Å². The Hall–Kier alpha value is -0.610. The molecule has 114 valence electrons. The first kappa shape index (κ1) is 17.4. The van der Waals surface area contributed by atoms with Crippen LogP contribution in [0.1, 0.15) is 33.3 Å². The molecule has 0 radical (unpaired) electrons. The fraction of sp³-hybridized carbons (Fsp3) is 0.625. The summed E-state index contributed by atoms with van der Waals surface area (Å²) in [5, 5.41) is 13.9. The molecular formula is C16H26ClNO2. The maximum absolute atomic E-state index is 9.89. The van der Waals surface area contributed by atoms with Crippen LogP contribution in [0.3, 0.4) is 0 Å². The molecule has 0 saturated carbocycles. The zero-order valence-electron chi connectivity index (χ0n) is 12.8. The Bertz CT molecular complexity index is 404. The Balaban J connectivity index is 2.24. The maximum atomic E-state index is 9.89. The van der Waals surface area contributed by atoms with Gasteiger partial charge in [-0.05, 0) is 24.0 Å². The molecule has 0 aliphatic rings. The van der Waals surface area contributed by atoms with E-state index in [1.54, 1.807) is 0 Å². The summed E-state index contributed by atoms with van der Waals surface area (Å²) in [5.74, 6) is 0. The van der Waals surface area contributed by atoms with Crippen molar-refractivity contribution in [2.75, 3.05) is 13.2 Å². The van der Waals surface area contributed by atoms with Crippen molar-refractivity contribution >= 4 is 11.6 Å². The highest BCUT2D eigenvalue weighted by atomic mass is 35.5. The summed E-state index contributed by atoms with van der Waals surface area (Å²) in [6, 6.07) is 7.91. The van der Waals surface area contributed by atoms with Crippen LogP contribution in [0.2, 0.25) is 5.02 Å². The lowest BCUT2D eigenvalue weighted by atomic mass is 9.88. The van der Waals surface area contributed by atoms with Crippen LogP contribution in [0.25, 0.3) is 0 Å². The van der Waals surface area contributed by atoms with E-state index >= 15 is 0 Å². The van der Waals surface area contributed by atoms with E-state index in [1.165, 1.54) is 0 Å². The van der Waals surface area contributed by atoms with E-state index in [4.69, 9.17) is 16.3 Å². The first-order valence-electron chi connectivity index (χ1n) is 7.03. The topological polar surface area (TPSA) is 41.5 Å². The van der Waals surface area contributed by atoms with Crippen molar-refractivity contribution in [3.05, 3.63) is 34.9 Å². The Labute approximate surface area is 127 Å². The number of aliphatic hydroxyl groups is 1. The van der Waals surface area contributed by atoms with E-state index in [0.29, 0.717) is 30.8 Å². The van der Waals surface area contributed by atoms with E-state index in [-0.39, 0.29) is 5.41 Å². The van der Waals surface area contributed by atoms with Gasteiger partial charge in [0.2, 0.25) is 0 Å². The van der Waals surface area contributed by atoms with Gasteiger partial charge in [0.25, 0.3) is 0 Å². The van der Waals surface area contributed by atoms with E-state index < -0.39 is 6.10 Å². The molecule has 0 heterocycles. The first-order valence-corrected chi connectivity index (χ1v) is 7.41. The lowest BCUT2D eigenvalue weighted by Crippen LogP contribution is -2.42. The molecule has 0 spiro atoms. The van der Waals surface area contributed by atoms with Crippen molar-refractivity contribution in [2.24, 2.45) is 5.41 Å². The second kappa shape index (κ2) is 7.99. The van der Waals surface area contributed by atoms with Gasteiger partial charge in [-0.2, -0.15) is 0 Å². The van der Waals surface area contributed by atoms with Gasteiger partial charge < -0.3 is 15.2 Å². The van der Waals surface area contributed by atoms with Crippen LogP contribution in [0.4, 0.5) is 0 Å². The molecule has 3 nitrogen and oxygen atoms in total. The van der Waals surface area contributed by atoms with Gasteiger partial charge in [0.1, 0.15) is 0 Å². The quantitative estimate of drug-likeness (QED) is 0.812. The molecule has 0 fully saturated rings. The van der Waals surface area contributed by atoms with E-state index in [0.717, 1.165) is 5.56 Å². The van der Waals surface area contributed by atoms with Gasteiger partial charge in [-0.15, -0.1) is 0 Å². The van der Waals surface area contributed by atoms with Crippen LogP contribution in [-0.2, 0) is 11.3 Å². The molecule has 0 aliphatic heterocycles. The maximum Gasteiger partial charge on any atom is 0.0897 e. The molecule has 2 unspecified atom stereocenters. The molecule has 1 aromatic rings. The van der Waals surface area contributed by atoms with Gasteiger partial charge in [-0.1, -0.05) is 50.6 Å². The molecule has 0 saturated heterocycles. The summed E-state index contributed by atoms with van der Waals surface area (Å²) in [7, 11) is 0. The van der Waals surface area contributed by atoms with Crippen LogP contribution in [0, 0.1) is 5.41 Å². The third kappa shape index (κ3) is 6.23. The monoisotopic (exact) mass is 299 g/mol. The van der Waals surface area contributed by atoms with Crippen LogP contribution in [-0.4, -0.2) is 30.4 Å². The van der Waals surface area contributed by atoms with E-state index in [1.807, 2.05) is 24.3 Å². The Morgan fingerprint density at radius 3 is 2.55 bits per heavy atom. The van der Waals surface area contributed by atoms with Crippen molar-refractivity contribution in [2.45, 2.75) is 46.4 Å². The van der Waals surface area contributed by atoms with E-state index in [2.05, 4.69) is 33.0 Å². The van der Waals surface area contributed by atoms with Crippen molar-refractivity contribution in [3.8, 4) is 0 Å². The van der Waals surface area contributed by atoms with Gasteiger partial charge >= 0.3 is 0 Å². The molecule has 4 heteroatoms. The number of rotatable bonds is 7. The summed E-state index contributed by atoms with van der Waals surface area (Å²) >= 11 is 6.04. The number of hydrogen-bond acceptors (Lipinski definition) is 3. The molecule has 0 aromatic heterocycles. The smallest absolute Gasteiger partial charge is 0.0897 e. The van der Waals surface area contributed by atoms with Gasteiger partial charge in [0.05, 0.1) is 19.3 Å². The van der Waals surface area contributed by atoms with Crippen LogP contribution in [0.5, 0.6) is 0 Å². The predicted octanol–water partition coefficient (Wildman–Crippen LogP) is 3.24. The fourth-order valence-electron chi connectivity index (χ4n) is 1.60. The van der Waals surface area contributed by atoms with Gasteiger partial charge in [-0.3, -0.25) is 0 Å². The average Bonchev–Trinajstić information content (AvgIpc) is 2.37. The predicted molar refractivity (Wildman–Crippen MR) is 84.0 cm³/mol. The molecule has 2 atom stereocenters. The highest BCUT2D eigenvalue weighted by Crippen LogP contribution is 2.18. The third-order valence-corrected chi connectivity index (χ3v) is 3.85. The summed E-state index contributed by atoms with van der Waals surface area (Å²) in [4.78, 5) is 0. The van der Waals surface area contributed by atoms with Crippen molar-refractivity contribution in [3.63, 3.8) is 0 Å². The van der Waals surface area contributed by atoms with Crippen molar-refractivity contribution in [1.82, 2.24) is 5.32 Å². The minimum Gasteiger partial charge on any atom is -0.389 e. The summed E-state index contributed by atoms with van der Waals surface area (Å²) in [6.07, 6.45) is -0.512. The number of hydrogen-bond donors (Lipinski definition) is 2. The fourth-order valence-corrected chi connectivity index (χ4v) is 1.79. The normalized spacial score (nSPS) is 15.1. The molecule has 1 aromatic carbocycles. The Morgan fingerprint density at radius 1 is 1.30 bits per heavy atom.